The monoisotopic (exact) mass is 291 g/mol. The third-order valence-electron chi connectivity index (χ3n) is 4.32. The Balaban J connectivity index is 2.26. The zero-order valence-electron chi connectivity index (χ0n) is 13.4. The Morgan fingerprint density at radius 3 is 2.86 bits per heavy atom. The molecule has 1 aliphatic heterocycles. The number of carbonyl (C=O) groups is 1. The second kappa shape index (κ2) is 6.43. The fourth-order valence-electron chi connectivity index (χ4n) is 3.31. The van der Waals surface area contributed by atoms with Crippen molar-refractivity contribution >= 4 is 11.7 Å². The van der Waals surface area contributed by atoms with E-state index in [1.165, 1.54) is 12.8 Å². The number of nitrogens with zero attached hydrogens (tertiary/aromatic N) is 3. The summed E-state index contributed by atoms with van der Waals surface area (Å²) in [5.41, 5.74) is 2.54. The molecule has 2 rings (SSSR count). The van der Waals surface area contributed by atoms with Gasteiger partial charge in [0.2, 0.25) is 0 Å². The summed E-state index contributed by atoms with van der Waals surface area (Å²) in [7, 11) is 1.98. The molecule has 116 valence electrons. The van der Waals surface area contributed by atoms with E-state index in [4.69, 9.17) is 0 Å². The number of aromatic carboxylic acids is 1. The lowest BCUT2D eigenvalue weighted by molar-refractivity contribution is 0.0696. The number of aromatic nitrogens is 1. The molecule has 5 heteroatoms. The van der Waals surface area contributed by atoms with E-state index in [0.29, 0.717) is 17.3 Å². The molecule has 1 saturated heterocycles. The van der Waals surface area contributed by atoms with Gasteiger partial charge in [-0.15, -0.1) is 0 Å². The summed E-state index contributed by atoms with van der Waals surface area (Å²) in [6, 6.07) is 2.39. The van der Waals surface area contributed by atoms with Gasteiger partial charge >= 0.3 is 5.97 Å². The predicted octanol–water partition coefficient (Wildman–Crippen LogP) is 2.32. The first kappa shape index (κ1) is 15.8. The molecule has 1 unspecified atom stereocenters. The first-order chi connectivity index (χ1) is 9.93. The minimum absolute atomic E-state index is 0.323. The van der Waals surface area contributed by atoms with Gasteiger partial charge in [-0.05, 0) is 45.8 Å². The number of likely N-dealkylation sites (tertiary alicyclic amines) is 1. The van der Waals surface area contributed by atoms with Crippen molar-refractivity contribution in [2.75, 3.05) is 31.6 Å². The minimum Gasteiger partial charge on any atom is -0.478 e. The van der Waals surface area contributed by atoms with Crippen LogP contribution in [-0.4, -0.2) is 53.7 Å². The van der Waals surface area contributed by atoms with Crippen LogP contribution in [0.1, 0.15) is 41.5 Å². The number of anilines is 1. The summed E-state index contributed by atoms with van der Waals surface area (Å²) < 4.78 is 0. The molecule has 0 spiro atoms. The molecule has 1 N–H and O–H groups in total. The molecule has 2 heterocycles. The lowest BCUT2D eigenvalue weighted by atomic mass is 10.1. The van der Waals surface area contributed by atoms with Crippen LogP contribution in [0, 0.1) is 13.8 Å². The maximum Gasteiger partial charge on any atom is 0.339 e. The Morgan fingerprint density at radius 1 is 1.52 bits per heavy atom. The lowest BCUT2D eigenvalue weighted by Crippen LogP contribution is -2.39. The van der Waals surface area contributed by atoms with Crippen LogP contribution in [0.2, 0.25) is 0 Å². The number of likely N-dealkylation sites (N-methyl/N-ethyl adjacent to an activating group) is 2. The summed E-state index contributed by atoms with van der Waals surface area (Å²) in [5.74, 6) is -0.902. The predicted molar refractivity (Wildman–Crippen MR) is 84.2 cm³/mol. The summed E-state index contributed by atoms with van der Waals surface area (Å²) in [6.07, 6.45) is 2.41. The van der Waals surface area contributed by atoms with Gasteiger partial charge < -0.3 is 10.0 Å². The van der Waals surface area contributed by atoms with E-state index >= 15 is 0 Å². The molecule has 1 fully saturated rings. The Hall–Kier alpha value is -1.62. The fraction of sp³-hybridized carbons (Fsp3) is 0.625. The van der Waals surface area contributed by atoms with Gasteiger partial charge in [0, 0.05) is 25.3 Å². The Morgan fingerprint density at radius 2 is 2.24 bits per heavy atom. The molecule has 5 nitrogen and oxygen atoms in total. The van der Waals surface area contributed by atoms with Crippen molar-refractivity contribution in [3.05, 3.63) is 23.0 Å². The molecule has 1 atom stereocenters. The molecule has 21 heavy (non-hydrogen) atoms. The van der Waals surface area contributed by atoms with Crippen LogP contribution in [0.25, 0.3) is 0 Å². The van der Waals surface area contributed by atoms with Crippen molar-refractivity contribution < 1.29 is 9.90 Å². The Bertz CT molecular complexity index is 530. The largest absolute Gasteiger partial charge is 0.478 e. The van der Waals surface area contributed by atoms with Crippen molar-refractivity contribution in [1.29, 1.82) is 0 Å². The van der Waals surface area contributed by atoms with E-state index in [1.807, 2.05) is 20.0 Å². The molecular weight excluding hydrogens is 266 g/mol. The summed E-state index contributed by atoms with van der Waals surface area (Å²) >= 11 is 0. The van der Waals surface area contributed by atoms with Gasteiger partial charge in [-0.2, -0.15) is 0 Å². The molecule has 1 aliphatic rings. The quantitative estimate of drug-likeness (QED) is 0.902. The topological polar surface area (TPSA) is 56.7 Å². The van der Waals surface area contributed by atoms with Crippen LogP contribution in [-0.2, 0) is 0 Å². The first-order valence-corrected chi connectivity index (χ1v) is 7.60. The van der Waals surface area contributed by atoms with Crippen LogP contribution in [0.4, 0.5) is 5.69 Å². The zero-order valence-corrected chi connectivity index (χ0v) is 13.4. The Kier molecular flexibility index (Phi) is 4.83. The van der Waals surface area contributed by atoms with Crippen LogP contribution < -0.4 is 4.90 Å². The summed E-state index contributed by atoms with van der Waals surface area (Å²) in [4.78, 5) is 20.4. The fourth-order valence-corrected chi connectivity index (χ4v) is 3.31. The lowest BCUT2D eigenvalue weighted by Gasteiger charge is -2.30. The van der Waals surface area contributed by atoms with Crippen molar-refractivity contribution in [3.63, 3.8) is 0 Å². The highest BCUT2D eigenvalue weighted by atomic mass is 16.4. The second-order valence-electron chi connectivity index (χ2n) is 5.85. The molecule has 0 aliphatic carbocycles. The smallest absolute Gasteiger partial charge is 0.339 e. The van der Waals surface area contributed by atoms with Gasteiger partial charge in [0.15, 0.2) is 0 Å². The minimum atomic E-state index is -0.902. The van der Waals surface area contributed by atoms with Gasteiger partial charge in [0.05, 0.1) is 11.4 Å². The van der Waals surface area contributed by atoms with Gasteiger partial charge in [0.1, 0.15) is 5.56 Å². The number of hydrogen-bond acceptors (Lipinski definition) is 4. The highest BCUT2D eigenvalue weighted by molar-refractivity contribution is 5.95. The van der Waals surface area contributed by atoms with E-state index < -0.39 is 5.97 Å². The van der Waals surface area contributed by atoms with Crippen LogP contribution >= 0.6 is 0 Å². The van der Waals surface area contributed by atoms with Crippen molar-refractivity contribution in [3.8, 4) is 0 Å². The average Bonchev–Trinajstić information content (AvgIpc) is 2.84. The number of carboxylic acids is 1. The Labute approximate surface area is 126 Å². The van der Waals surface area contributed by atoms with Gasteiger partial charge in [-0.25, -0.2) is 4.79 Å². The zero-order chi connectivity index (χ0) is 15.6. The van der Waals surface area contributed by atoms with Crippen LogP contribution in [0.15, 0.2) is 6.07 Å². The molecule has 0 radical (unpaired) electrons. The maximum absolute atomic E-state index is 11.5. The van der Waals surface area contributed by atoms with E-state index in [0.717, 1.165) is 31.0 Å². The number of rotatable bonds is 5. The number of carboxylic acid groups (broad SMARTS) is 1. The number of aryl methyl sites for hydroxylation is 2. The molecule has 0 bridgehead atoms. The standard InChI is InChI=1S/C16H25N3O2/c1-5-19-8-6-7-13(19)10-18(4)14-9-11(2)17-12(3)15(14)16(20)21/h9,13H,5-8,10H2,1-4H3,(H,20,21). The molecule has 0 amide bonds. The maximum atomic E-state index is 11.5. The molecule has 0 aromatic carbocycles. The summed E-state index contributed by atoms with van der Waals surface area (Å²) in [5, 5.41) is 9.47. The average molecular weight is 291 g/mol. The van der Waals surface area contributed by atoms with Gasteiger partial charge in [-0.3, -0.25) is 9.88 Å². The molecule has 1 aromatic heterocycles. The number of pyridine rings is 1. The van der Waals surface area contributed by atoms with Gasteiger partial charge in [-0.1, -0.05) is 6.92 Å². The molecular formula is C16H25N3O2. The SMILES string of the molecule is CCN1CCCC1CN(C)c1cc(C)nc(C)c1C(=O)O. The summed E-state index contributed by atoms with van der Waals surface area (Å²) in [6.45, 7) is 8.91. The van der Waals surface area contributed by atoms with Crippen LogP contribution in [0.5, 0.6) is 0 Å². The highest BCUT2D eigenvalue weighted by Gasteiger charge is 2.26. The highest BCUT2D eigenvalue weighted by Crippen LogP contribution is 2.25. The van der Waals surface area contributed by atoms with E-state index in [1.54, 1.807) is 6.92 Å². The van der Waals surface area contributed by atoms with Crippen molar-refractivity contribution in [2.45, 2.75) is 39.7 Å². The van der Waals surface area contributed by atoms with Crippen LogP contribution in [0.3, 0.4) is 0 Å². The number of hydrogen-bond donors (Lipinski definition) is 1. The first-order valence-electron chi connectivity index (χ1n) is 7.60. The normalized spacial score (nSPS) is 19.0. The van der Waals surface area contributed by atoms with E-state index in [9.17, 15) is 9.90 Å². The van der Waals surface area contributed by atoms with E-state index in [-0.39, 0.29) is 0 Å². The third-order valence-corrected chi connectivity index (χ3v) is 4.32. The molecule has 0 saturated carbocycles. The van der Waals surface area contributed by atoms with Gasteiger partial charge in [0.25, 0.3) is 0 Å². The van der Waals surface area contributed by atoms with E-state index in [2.05, 4.69) is 21.7 Å². The second-order valence-corrected chi connectivity index (χ2v) is 5.85. The van der Waals surface area contributed by atoms with Crippen molar-refractivity contribution in [1.82, 2.24) is 9.88 Å². The molecule has 1 aromatic rings. The van der Waals surface area contributed by atoms with Crippen molar-refractivity contribution in [2.24, 2.45) is 0 Å². The third kappa shape index (κ3) is 3.35.